The van der Waals surface area contributed by atoms with Crippen molar-refractivity contribution in [3.8, 4) is 0 Å². The molecular formula is C25H42N6. The standard InChI is InChI=1S/C25H42N6/c1-2-26-25(29-22-12-17-30(18-13-22)23-9-5-6-10-23)28-20-21-11-14-27-24(19-21)31-15-7-3-4-8-16-31/h11,14,19,22-23H,2-10,12-13,15-18,20H2,1H3,(H2,26,28,29). The molecule has 0 atom stereocenters. The van der Waals surface area contributed by atoms with Crippen molar-refractivity contribution in [3.05, 3.63) is 23.9 Å². The van der Waals surface area contributed by atoms with Gasteiger partial charge in [0.25, 0.3) is 0 Å². The second-order valence-electron chi connectivity index (χ2n) is 9.51. The Morgan fingerprint density at radius 1 is 1.00 bits per heavy atom. The molecular weight excluding hydrogens is 384 g/mol. The fraction of sp³-hybridized carbons (Fsp3) is 0.760. The molecule has 172 valence electrons. The van der Waals surface area contributed by atoms with Gasteiger partial charge >= 0.3 is 0 Å². The maximum atomic E-state index is 4.91. The van der Waals surface area contributed by atoms with Crippen molar-refractivity contribution in [2.75, 3.05) is 37.6 Å². The number of hydrogen-bond acceptors (Lipinski definition) is 4. The molecule has 6 heteroatoms. The number of nitrogens with zero attached hydrogens (tertiary/aromatic N) is 4. The van der Waals surface area contributed by atoms with Crippen LogP contribution in [0.4, 0.5) is 5.82 Å². The van der Waals surface area contributed by atoms with Crippen molar-refractivity contribution < 1.29 is 0 Å². The van der Waals surface area contributed by atoms with Crippen LogP contribution in [-0.4, -0.2) is 60.7 Å². The Kier molecular flexibility index (Phi) is 8.45. The summed E-state index contributed by atoms with van der Waals surface area (Å²) in [6.07, 6.45) is 15.3. The lowest BCUT2D eigenvalue weighted by Crippen LogP contribution is -2.50. The lowest BCUT2D eigenvalue weighted by atomic mass is 10.0. The number of piperidine rings is 1. The number of nitrogens with one attached hydrogen (secondary N) is 2. The first-order valence-electron chi connectivity index (χ1n) is 12.8. The minimum atomic E-state index is 0.528. The lowest BCUT2D eigenvalue weighted by molar-refractivity contribution is 0.150. The highest BCUT2D eigenvalue weighted by molar-refractivity contribution is 5.80. The van der Waals surface area contributed by atoms with Gasteiger partial charge in [0.2, 0.25) is 0 Å². The first-order chi connectivity index (χ1) is 15.3. The second-order valence-corrected chi connectivity index (χ2v) is 9.51. The zero-order valence-corrected chi connectivity index (χ0v) is 19.5. The van der Waals surface area contributed by atoms with Crippen LogP contribution in [0.5, 0.6) is 0 Å². The molecule has 1 aromatic rings. The molecule has 0 bridgehead atoms. The fourth-order valence-corrected chi connectivity index (χ4v) is 5.39. The molecule has 2 aliphatic heterocycles. The zero-order valence-electron chi connectivity index (χ0n) is 19.5. The van der Waals surface area contributed by atoms with E-state index in [2.05, 4.69) is 44.5 Å². The van der Waals surface area contributed by atoms with Crippen LogP contribution in [0.1, 0.15) is 76.7 Å². The van der Waals surface area contributed by atoms with Gasteiger partial charge in [0.05, 0.1) is 6.54 Å². The van der Waals surface area contributed by atoms with Gasteiger partial charge in [-0.2, -0.15) is 0 Å². The van der Waals surface area contributed by atoms with Crippen LogP contribution in [0.2, 0.25) is 0 Å². The molecule has 0 spiro atoms. The first-order valence-corrected chi connectivity index (χ1v) is 12.8. The van der Waals surface area contributed by atoms with Gasteiger partial charge in [0.1, 0.15) is 5.82 Å². The van der Waals surface area contributed by atoms with Gasteiger partial charge in [0.15, 0.2) is 5.96 Å². The summed E-state index contributed by atoms with van der Waals surface area (Å²) in [4.78, 5) is 14.7. The molecule has 1 aromatic heterocycles. The summed E-state index contributed by atoms with van der Waals surface area (Å²) in [5.41, 5.74) is 1.24. The SMILES string of the molecule is CCNC(=NCc1ccnc(N2CCCCCC2)c1)NC1CCN(C2CCCC2)CC1. The predicted molar refractivity (Wildman–Crippen MR) is 130 cm³/mol. The molecule has 0 unspecified atom stereocenters. The van der Waals surface area contributed by atoms with Gasteiger partial charge in [-0.05, 0) is 63.1 Å². The van der Waals surface area contributed by atoms with Crippen molar-refractivity contribution in [2.45, 2.75) is 89.8 Å². The second kappa shape index (κ2) is 11.7. The topological polar surface area (TPSA) is 55.8 Å². The first kappa shape index (κ1) is 22.4. The summed E-state index contributed by atoms with van der Waals surface area (Å²) < 4.78 is 0. The van der Waals surface area contributed by atoms with Gasteiger partial charge in [-0.3, -0.25) is 0 Å². The van der Waals surface area contributed by atoms with Crippen LogP contribution in [0, 0.1) is 0 Å². The number of anilines is 1. The molecule has 31 heavy (non-hydrogen) atoms. The van der Waals surface area contributed by atoms with Crippen LogP contribution in [-0.2, 0) is 6.54 Å². The quantitative estimate of drug-likeness (QED) is 0.533. The Morgan fingerprint density at radius 3 is 2.45 bits per heavy atom. The Labute approximate surface area is 188 Å². The van der Waals surface area contributed by atoms with E-state index in [1.807, 2.05) is 6.20 Å². The summed E-state index contributed by atoms with van der Waals surface area (Å²) in [5.74, 6) is 2.07. The van der Waals surface area contributed by atoms with Crippen LogP contribution in [0.3, 0.4) is 0 Å². The van der Waals surface area contributed by atoms with Crippen molar-refractivity contribution in [3.63, 3.8) is 0 Å². The number of guanidine groups is 1. The van der Waals surface area contributed by atoms with E-state index in [1.165, 1.54) is 82.9 Å². The number of aromatic nitrogens is 1. The predicted octanol–water partition coefficient (Wildman–Crippen LogP) is 3.92. The smallest absolute Gasteiger partial charge is 0.191 e. The van der Waals surface area contributed by atoms with E-state index in [-0.39, 0.29) is 0 Å². The Hall–Kier alpha value is -1.82. The normalized spacial score (nSPS) is 22.5. The van der Waals surface area contributed by atoms with Crippen molar-refractivity contribution >= 4 is 11.8 Å². The zero-order chi connectivity index (χ0) is 21.3. The van der Waals surface area contributed by atoms with Gasteiger partial charge in [0, 0.05) is 51.0 Å². The lowest BCUT2D eigenvalue weighted by Gasteiger charge is -2.36. The monoisotopic (exact) mass is 426 g/mol. The Morgan fingerprint density at radius 2 is 1.74 bits per heavy atom. The Bertz CT molecular complexity index is 683. The molecule has 0 radical (unpaired) electrons. The highest BCUT2D eigenvalue weighted by Gasteiger charge is 2.27. The minimum Gasteiger partial charge on any atom is -0.357 e. The molecule has 3 fully saturated rings. The molecule has 3 heterocycles. The summed E-state index contributed by atoms with van der Waals surface area (Å²) in [5, 5.41) is 7.16. The molecule has 1 aliphatic carbocycles. The highest BCUT2D eigenvalue weighted by atomic mass is 15.2. The van der Waals surface area contributed by atoms with Crippen molar-refractivity contribution in [1.29, 1.82) is 0 Å². The molecule has 1 saturated carbocycles. The third-order valence-corrected chi connectivity index (χ3v) is 7.22. The molecule has 0 aromatic carbocycles. The minimum absolute atomic E-state index is 0.528. The third-order valence-electron chi connectivity index (χ3n) is 7.22. The van der Waals surface area contributed by atoms with Crippen molar-refractivity contribution in [2.24, 2.45) is 4.99 Å². The molecule has 6 nitrogen and oxygen atoms in total. The van der Waals surface area contributed by atoms with Crippen LogP contribution in [0.15, 0.2) is 23.3 Å². The van der Waals surface area contributed by atoms with E-state index in [0.29, 0.717) is 12.6 Å². The van der Waals surface area contributed by atoms with E-state index in [0.717, 1.165) is 37.5 Å². The van der Waals surface area contributed by atoms with Gasteiger partial charge in [-0.15, -0.1) is 0 Å². The van der Waals surface area contributed by atoms with Gasteiger partial charge in [-0.25, -0.2) is 9.98 Å². The van der Waals surface area contributed by atoms with Gasteiger partial charge < -0.3 is 20.4 Å². The van der Waals surface area contributed by atoms with E-state index in [4.69, 9.17) is 4.99 Å². The largest absolute Gasteiger partial charge is 0.357 e. The Balaban J connectivity index is 1.31. The summed E-state index contributed by atoms with van der Waals surface area (Å²) in [6.45, 7) is 8.44. The maximum Gasteiger partial charge on any atom is 0.191 e. The molecule has 2 saturated heterocycles. The fourth-order valence-electron chi connectivity index (χ4n) is 5.39. The molecule has 2 N–H and O–H groups in total. The average molecular weight is 427 g/mol. The van der Waals surface area contributed by atoms with Crippen LogP contribution in [0.25, 0.3) is 0 Å². The van der Waals surface area contributed by atoms with Crippen molar-refractivity contribution in [1.82, 2.24) is 20.5 Å². The molecule has 3 aliphatic rings. The number of likely N-dealkylation sites (tertiary alicyclic amines) is 1. The number of aliphatic imine (C=N–C) groups is 1. The molecule has 0 amide bonds. The highest BCUT2D eigenvalue weighted by Crippen LogP contribution is 2.26. The van der Waals surface area contributed by atoms with E-state index < -0.39 is 0 Å². The van der Waals surface area contributed by atoms with Crippen LogP contribution >= 0.6 is 0 Å². The van der Waals surface area contributed by atoms with Gasteiger partial charge in [-0.1, -0.05) is 25.7 Å². The van der Waals surface area contributed by atoms with E-state index in [9.17, 15) is 0 Å². The molecule has 4 rings (SSSR count). The van der Waals surface area contributed by atoms with E-state index >= 15 is 0 Å². The number of rotatable bonds is 6. The summed E-state index contributed by atoms with van der Waals surface area (Å²) in [7, 11) is 0. The average Bonchev–Trinajstić information content (AvgIpc) is 3.20. The summed E-state index contributed by atoms with van der Waals surface area (Å²) in [6, 6.07) is 5.72. The number of pyridine rings is 1. The maximum absolute atomic E-state index is 4.91. The van der Waals surface area contributed by atoms with Crippen LogP contribution < -0.4 is 15.5 Å². The third kappa shape index (κ3) is 6.58. The number of hydrogen-bond donors (Lipinski definition) is 2. The summed E-state index contributed by atoms with van der Waals surface area (Å²) >= 11 is 0. The van der Waals surface area contributed by atoms with E-state index in [1.54, 1.807) is 0 Å².